The highest BCUT2D eigenvalue weighted by Gasteiger charge is 2.20. The van der Waals surface area contributed by atoms with Gasteiger partial charge < -0.3 is 15.3 Å². The van der Waals surface area contributed by atoms with E-state index in [1.54, 1.807) is 20.0 Å². The number of hydrogen-bond donors (Lipinski definition) is 2. The molecule has 0 radical (unpaired) electrons. The van der Waals surface area contributed by atoms with Crippen molar-refractivity contribution in [2.24, 2.45) is 0 Å². The average Bonchev–Trinajstić information content (AvgIpc) is 2.39. The summed E-state index contributed by atoms with van der Waals surface area (Å²) in [6.45, 7) is 4.04. The fourth-order valence-corrected chi connectivity index (χ4v) is 1.87. The molecule has 0 saturated carbocycles. The van der Waals surface area contributed by atoms with Crippen LogP contribution in [0.4, 0.5) is 0 Å². The molecule has 0 fully saturated rings. The molecule has 0 aliphatic heterocycles. The van der Waals surface area contributed by atoms with Gasteiger partial charge in [-0.2, -0.15) is 0 Å². The fraction of sp³-hybridized carbons (Fsp3) is 0.385. The van der Waals surface area contributed by atoms with E-state index < -0.39 is 11.9 Å². The van der Waals surface area contributed by atoms with Crippen LogP contribution in [0.3, 0.4) is 0 Å². The number of carbonyl (C=O) groups excluding carboxylic acids is 2. The van der Waals surface area contributed by atoms with Crippen LogP contribution in [0.5, 0.6) is 5.75 Å². The Labute approximate surface area is 120 Å². The zero-order valence-corrected chi connectivity index (χ0v) is 12.7. The third-order valence-electron chi connectivity index (χ3n) is 2.77. The van der Waals surface area contributed by atoms with E-state index in [-0.39, 0.29) is 17.2 Å². The number of halogens is 1. The molecule has 0 aliphatic rings. The van der Waals surface area contributed by atoms with Crippen molar-refractivity contribution >= 4 is 27.7 Å². The van der Waals surface area contributed by atoms with Crippen LogP contribution in [0, 0.1) is 0 Å². The molecule has 1 aromatic rings. The molecule has 1 aromatic carbocycles. The first kappa shape index (κ1) is 15.5. The van der Waals surface area contributed by atoms with Crippen LogP contribution in [0.15, 0.2) is 22.7 Å². The third-order valence-corrected chi connectivity index (χ3v) is 3.27. The van der Waals surface area contributed by atoms with Gasteiger partial charge in [0, 0.05) is 18.1 Å². The summed E-state index contributed by atoms with van der Waals surface area (Å²) in [6.07, 6.45) is 0. The van der Waals surface area contributed by atoms with E-state index in [0.717, 1.165) is 0 Å². The highest BCUT2D eigenvalue weighted by Crippen LogP contribution is 2.21. The second-order valence-electron chi connectivity index (χ2n) is 4.21. The summed E-state index contributed by atoms with van der Waals surface area (Å²) in [5.41, 5.74) is 0.133. The number of benzene rings is 1. The first-order valence-electron chi connectivity index (χ1n) is 5.91. The number of nitrogens with one attached hydrogen (secondary N) is 1. The Morgan fingerprint density at radius 3 is 2.68 bits per heavy atom. The van der Waals surface area contributed by atoms with E-state index in [0.29, 0.717) is 11.0 Å². The Morgan fingerprint density at radius 1 is 1.47 bits per heavy atom. The monoisotopic (exact) mass is 328 g/mol. The number of amides is 2. The first-order valence-corrected chi connectivity index (χ1v) is 6.70. The fourth-order valence-electron chi connectivity index (χ4n) is 1.51. The van der Waals surface area contributed by atoms with Crippen molar-refractivity contribution < 1.29 is 14.7 Å². The van der Waals surface area contributed by atoms with E-state index in [4.69, 9.17) is 0 Å². The highest BCUT2D eigenvalue weighted by molar-refractivity contribution is 9.10. The SMILES string of the molecule is CCN(C)C(=O)C(C)NC(=O)c1cc(Br)ccc1O. The lowest BCUT2D eigenvalue weighted by Gasteiger charge is -2.20. The van der Waals surface area contributed by atoms with Gasteiger partial charge in [0.15, 0.2) is 0 Å². The first-order chi connectivity index (χ1) is 8.86. The van der Waals surface area contributed by atoms with E-state index in [9.17, 15) is 14.7 Å². The van der Waals surface area contributed by atoms with Crippen LogP contribution in [0.25, 0.3) is 0 Å². The molecule has 0 aliphatic carbocycles. The number of phenolic OH excluding ortho intramolecular Hbond substituents is 1. The number of likely N-dealkylation sites (N-methyl/N-ethyl adjacent to an activating group) is 1. The van der Waals surface area contributed by atoms with Gasteiger partial charge in [0.2, 0.25) is 5.91 Å². The lowest BCUT2D eigenvalue weighted by Crippen LogP contribution is -2.45. The quantitative estimate of drug-likeness (QED) is 0.884. The third kappa shape index (κ3) is 3.96. The maximum Gasteiger partial charge on any atom is 0.255 e. The van der Waals surface area contributed by atoms with Crippen LogP contribution in [-0.2, 0) is 4.79 Å². The second-order valence-corrected chi connectivity index (χ2v) is 5.12. The van der Waals surface area contributed by atoms with Gasteiger partial charge in [0.1, 0.15) is 11.8 Å². The topological polar surface area (TPSA) is 69.6 Å². The van der Waals surface area contributed by atoms with Crippen molar-refractivity contribution in [3.05, 3.63) is 28.2 Å². The standard InChI is InChI=1S/C13H17BrN2O3/c1-4-16(3)13(19)8(2)15-12(18)10-7-9(14)5-6-11(10)17/h5-8,17H,4H2,1-3H3,(H,15,18). The maximum absolute atomic E-state index is 12.0. The van der Waals surface area contributed by atoms with Crippen LogP contribution in [0.2, 0.25) is 0 Å². The van der Waals surface area contributed by atoms with Gasteiger partial charge >= 0.3 is 0 Å². The van der Waals surface area contributed by atoms with Crippen LogP contribution < -0.4 is 5.32 Å². The van der Waals surface area contributed by atoms with Gasteiger partial charge in [-0.25, -0.2) is 0 Å². The molecule has 0 spiro atoms. The number of hydrogen-bond acceptors (Lipinski definition) is 3. The number of nitrogens with zero attached hydrogens (tertiary/aromatic N) is 1. The molecule has 6 heteroatoms. The summed E-state index contributed by atoms with van der Waals surface area (Å²) in [4.78, 5) is 25.3. The molecule has 2 N–H and O–H groups in total. The van der Waals surface area contributed by atoms with E-state index in [1.165, 1.54) is 17.0 Å². The van der Waals surface area contributed by atoms with E-state index in [2.05, 4.69) is 21.2 Å². The molecule has 1 atom stereocenters. The summed E-state index contributed by atoms with van der Waals surface area (Å²) < 4.78 is 0.681. The summed E-state index contributed by atoms with van der Waals surface area (Å²) in [7, 11) is 1.67. The largest absolute Gasteiger partial charge is 0.507 e. The van der Waals surface area contributed by atoms with Crippen LogP contribution >= 0.6 is 15.9 Å². The molecular weight excluding hydrogens is 312 g/mol. The Balaban J connectivity index is 2.80. The van der Waals surface area contributed by atoms with Crippen molar-refractivity contribution in [3.8, 4) is 5.75 Å². The molecular formula is C13H17BrN2O3. The minimum Gasteiger partial charge on any atom is -0.507 e. The maximum atomic E-state index is 12.0. The summed E-state index contributed by atoms with van der Waals surface area (Å²) in [5.74, 6) is -0.779. The highest BCUT2D eigenvalue weighted by atomic mass is 79.9. The zero-order valence-electron chi connectivity index (χ0n) is 11.1. The van der Waals surface area contributed by atoms with Gasteiger partial charge in [0.25, 0.3) is 5.91 Å². The van der Waals surface area contributed by atoms with Gasteiger partial charge in [-0.15, -0.1) is 0 Å². The minimum atomic E-state index is -0.643. The average molecular weight is 329 g/mol. The van der Waals surface area contributed by atoms with Crippen molar-refractivity contribution in [2.45, 2.75) is 19.9 Å². The molecule has 5 nitrogen and oxygen atoms in total. The Morgan fingerprint density at radius 2 is 2.11 bits per heavy atom. The number of carbonyl (C=O) groups is 2. The smallest absolute Gasteiger partial charge is 0.255 e. The second kappa shape index (κ2) is 6.56. The predicted molar refractivity (Wildman–Crippen MR) is 76.0 cm³/mol. The number of phenols is 1. The number of rotatable bonds is 4. The summed E-state index contributed by atoms with van der Waals surface area (Å²) in [5, 5.41) is 12.2. The van der Waals surface area contributed by atoms with Gasteiger partial charge in [0.05, 0.1) is 5.56 Å². The minimum absolute atomic E-state index is 0.121. The summed E-state index contributed by atoms with van der Waals surface area (Å²) in [6, 6.07) is 3.91. The summed E-state index contributed by atoms with van der Waals surface area (Å²) >= 11 is 3.23. The van der Waals surface area contributed by atoms with Crippen molar-refractivity contribution in [1.82, 2.24) is 10.2 Å². The molecule has 0 bridgehead atoms. The van der Waals surface area contributed by atoms with Gasteiger partial charge in [-0.3, -0.25) is 9.59 Å². The van der Waals surface area contributed by atoms with E-state index >= 15 is 0 Å². The lowest BCUT2D eigenvalue weighted by molar-refractivity contribution is -0.131. The predicted octanol–water partition coefficient (Wildman–Crippen LogP) is 1.75. The molecule has 0 aromatic heterocycles. The van der Waals surface area contributed by atoms with Gasteiger partial charge in [-0.05, 0) is 32.0 Å². The lowest BCUT2D eigenvalue weighted by atomic mass is 10.1. The number of aromatic hydroxyl groups is 1. The van der Waals surface area contributed by atoms with Crippen molar-refractivity contribution in [3.63, 3.8) is 0 Å². The van der Waals surface area contributed by atoms with Crippen LogP contribution in [0.1, 0.15) is 24.2 Å². The molecule has 1 rings (SSSR count). The Hall–Kier alpha value is -1.56. The molecule has 104 valence electrons. The van der Waals surface area contributed by atoms with Crippen molar-refractivity contribution in [2.75, 3.05) is 13.6 Å². The van der Waals surface area contributed by atoms with Crippen molar-refractivity contribution in [1.29, 1.82) is 0 Å². The van der Waals surface area contributed by atoms with Gasteiger partial charge in [-0.1, -0.05) is 15.9 Å². The molecule has 0 heterocycles. The van der Waals surface area contributed by atoms with E-state index in [1.807, 2.05) is 6.92 Å². The molecule has 0 saturated heterocycles. The Kier molecular flexibility index (Phi) is 5.35. The normalized spacial score (nSPS) is 11.8. The Bertz CT molecular complexity index is 491. The van der Waals surface area contributed by atoms with Crippen LogP contribution in [-0.4, -0.2) is 41.5 Å². The zero-order chi connectivity index (χ0) is 14.6. The molecule has 1 unspecified atom stereocenters. The molecule has 2 amide bonds. The molecule has 19 heavy (non-hydrogen) atoms.